The molecule has 1 atom stereocenters. The van der Waals surface area contributed by atoms with Gasteiger partial charge >= 0.3 is 5.97 Å². The van der Waals surface area contributed by atoms with Crippen LogP contribution in [-0.2, 0) is 40.3 Å². The van der Waals surface area contributed by atoms with Crippen molar-refractivity contribution in [2.24, 2.45) is 0 Å². The molecule has 0 saturated carbocycles. The lowest BCUT2D eigenvalue weighted by Gasteiger charge is -2.34. The maximum atomic E-state index is 13.2. The van der Waals surface area contributed by atoms with Crippen molar-refractivity contribution < 1.29 is 19.1 Å². The first-order valence-corrected chi connectivity index (χ1v) is 10.6. The first kappa shape index (κ1) is 21.9. The molecule has 0 fully saturated rings. The minimum atomic E-state index is -0.697. The van der Waals surface area contributed by atoms with Crippen LogP contribution in [0.3, 0.4) is 0 Å². The molecule has 0 radical (unpaired) electrons. The van der Waals surface area contributed by atoms with Crippen LogP contribution >= 0.6 is 11.6 Å². The number of nitrogens with zero attached hydrogens (tertiary/aromatic N) is 3. The van der Waals surface area contributed by atoms with Crippen molar-refractivity contribution in [1.82, 2.24) is 14.5 Å². The average Bonchev–Trinajstić information content (AvgIpc) is 3.21. The van der Waals surface area contributed by atoms with Gasteiger partial charge in [0.05, 0.1) is 44.9 Å². The van der Waals surface area contributed by atoms with E-state index in [1.54, 1.807) is 18.3 Å². The molecule has 1 aromatic heterocycles. The number of hydrogen-bond acceptors (Lipinski definition) is 5. The lowest BCUT2D eigenvalue weighted by Crippen LogP contribution is -2.50. The van der Waals surface area contributed by atoms with Crippen LogP contribution in [0.4, 0.5) is 0 Å². The lowest BCUT2D eigenvalue weighted by molar-refractivity contribution is -0.153. The SMILES string of the molecule is COC(=O)[C@@H]1Cc2ncn(Cc3ccc(Cl)cc3)c2CN1C(=O)Cc1ccc(OC)cc1. The van der Waals surface area contributed by atoms with Gasteiger partial charge in [-0.2, -0.15) is 0 Å². The standard InChI is InChI=1S/C24H24ClN3O4/c1-31-19-9-5-16(6-10-19)11-23(29)28-14-22-20(12-21(28)24(30)32-2)26-15-27(22)13-17-3-7-18(25)8-4-17/h3-10,15,21H,11-14H2,1-2H3/t21-/m0/s1. The predicted octanol–water partition coefficient (Wildman–Crippen LogP) is 3.26. The number of esters is 1. The van der Waals surface area contributed by atoms with Crippen LogP contribution in [0.1, 0.15) is 22.5 Å². The van der Waals surface area contributed by atoms with Gasteiger partial charge in [-0.1, -0.05) is 35.9 Å². The zero-order valence-electron chi connectivity index (χ0n) is 18.0. The Labute approximate surface area is 191 Å². The topological polar surface area (TPSA) is 73.7 Å². The van der Waals surface area contributed by atoms with E-state index in [1.165, 1.54) is 7.11 Å². The lowest BCUT2D eigenvalue weighted by atomic mass is 10.0. The van der Waals surface area contributed by atoms with Gasteiger partial charge in [0, 0.05) is 18.0 Å². The number of imidazole rings is 1. The van der Waals surface area contributed by atoms with E-state index >= 15 is 0 Å². The van der Waals surface area contributed by atoms with Crippen LogP contribution < -0.4 is 4.74 Å². The smallest absolute Gasteiger partial charge is 0.329 e. The summed E-state index contributed by atoms with van der Waals surface area (Å²) in [6, 6.07) is 14.2. The van der Waals surface area contributed by atoms with Gasteiger partial charge < -0.3 is 18.9 Å². The molecular formula is C24H24ClN3O4. The van der Waals surface area contributed by atoms with Gasteiger partial charge in [0.15, 0.2) is 0 Å². The molecule has 1 aliphatic rings. The average molecular weight is 454 g/mol. The number of rotatable bonds is 6. The third-order valence-corrected chi connectivity index (χ3v) is 5.94. The second-order valence-corrected chi connectivity index (χ2v) is 8.12. The zero-order chi connectivity index (χ0) is 22.7. The summed E-state index contributed by atoms with van der Waals surface area (Å²) >= 11 is 5.99. The third-order valence-electron chi connectivity index (χ3n) is 5.69. The Kier molecular flexibility index (Phi) is 6.46. The Balaban J connectivity index is 1.57. The highest BCUT2D eigenvalue weighted by Gasteiger charge is 2.37. The van der Waals surface area contributed by atoms with Crippen LogP contribution in [-0.4, -0.2) is 46.6 Å². The molecule has 1 amide bonds. The van der Waals surface area contributed by atoms with E-state index < -0.39 is 12.0 Å². The normalized spacial score (nSPS) is 15.2. The number of fused-ring (bicyclic) bond motifs is 1. The molecule has 1 aliphatic heterocycles. The van der Waals surface area contributed by atoms with Crippen LogP contribution in [0.15, 0.2) is 54.9 Å². The molecule has 8 heteroatoms. The summed E-state index contributed by atoms with van der Waals surface area (Å²) in [7, 11) is 2.93. The summed E-state index contributed by atoms with van der Waals surface area (Å²) < 4.78 is 12.2. The Morgan fingerprint density at radius 3 is 2.41 bits per heavy atom. The van der Waals surface area contributed by atoms with Crippen molar-refractivity contribution in [3.8, 4) is 5.75 Å². The zero-order valence-corrected chi connectivity index (χ0v) is 18.7. The van der Waals surface area contributed by atoms with Gasteiger partial charge in [-0.15, -0.1) is 0 Å². The fourth-order valence-corrected chi connectivity index (χ4v) is 4.04. The van der Waals surface area contributed by atoms with Crippen LogP contribution in [0.2, 0.25) is 5.02 Å². The summed E-state index contributed by atoms with van der Waals surface area (Å²) in [4.78, 5) is 31.8. The third kappa shape index (κ3) is 4.62. The number of aromatic nitrogens is 2. The summed E-state index contributed by atoms with van der Waals surface area (Å²) in [5.41, 5.74) is 3.65. The van der Waals surface area contributed by atoms with Crippen molar-refractivity contribution in [2.75, 3.05) is 14.2 Å². The fourth-order valence-electron chi connectivity index (χ4n) is 3.92. The monoisotopic (exact) mass is 453 g/mol. The highest BCUT2D eigenvalue weighted by molar-refractivity contribution is 6.30. The molecule has 166 valence electrons. The summed E-state index contributed by atoms with van der Waals surface area (Å²) in [6.45, 7) is 0.889. The number of hydrogen-bond donors (Lipinski definition) is 0. The Morgan fingerprint density at radius 1 is 1.06 bits per heavy atom. The molecule has 0 saturated heterocycles. The van der Waals surface area contributed by atoms with Crippen molar-refractivity contribution in [3.05, 3.63) is 82.4 Å². The molecule has 3 aromatic rings. The Hall–Kier alpha value is -3.32. The summed E-state index contributed by atoms with van der Waals surface area (Å²) in [6.07, 6.45) is 2.26. The number of carbonyl (C=O) groups is 2. The van der Waals surface area contributed by atoms with E-state index in [9.17, 15) is 9.59 Å². The second kappa shape index (κ2) is 9.44. The van der Waals surface area contributed by atoms with E-state index in [2.05, 4.69) is 4.98 Å². The van der Waals surface area contributed by atoms with Gasteiger partial charge in [-0.25, -0.2) is 9.78 Å². The van der Waals surface area contributed by atoms with E-state index in [1.807, 2.05) is 53.1 Å². The molecule has 7 nitrogen and oxygen atoms in total. The highest BCUT2D eigenvalue weighted by atomic mass is 35.5. The number of ether oxygens (including phenoxy) is 2. The van der Waals surface area contributed by atoms with Gasteiger partial charge in [0.25, 0.3) is 0 Å². The van der Waals surface area contributed by atoms with Gasteiger partial charge in [0.2, 0.25) is 5.91 Å². The molecule has 0 spiro atoms. The number of halogens is 1. The molecule has 0 bridgehead atoms. The number of methoxy groups -OCH3 is 2. The number of benzene rings is 2. The first-order chi connectivity index (χ1) is 15.5. The highest BCUT2D eigenvalue weighted by Crippen LogP contribution is 2.25. The van der Waals surface area contributed by atoms with Crippen molar-refractivity contribution in [1.29, 1.82) is 0 Å². The molecule has 4 rings (SSSR count). The van der Waals surface area contributed by atoms with Gasteiger partial charge in [0.1, 0.15) is 11.8 Å². The quantitative estimate of drug-likeness (QED) is 0.535. The molecule has 0 unspecified atom stereocenters. The predicted molar refractivity (Wildman–Crippen MR) is 120 cm³/mol. The number of amides is 1. The molecule has 0 aliphatic carbocycles. The summed E-state index contributed by atoms with van der Waals surface area (Å²) in [5, 5.41) is 0.678. The molecule has 2 aromatic carbocycles. The Bertz CT molecular complexity index is 1110. The van der Waals surface area contributed by atoms with Gasteiger partial charge in [-0.05, 0) is 35.4 Å². The fraction of sp³-hybridized carbons (Fsp3) is 0.292. The minimum Gasteiger partial charge on any atom is -0.497 e. The maximum absolute atomic E-state index is 13.2. The van der Waals surface area contributed by atoms with Crippen LogP contribution in [0, 0.1) is 0 Å². The molecule has 2 heterocycles. The molecule has 32 heavy (non-hydrogen) atoms. The number of carbonyl (C=O) groups excluding carboxylic acids is 2. The van der Waals surface area contributed by atoms with Crippen LogP contribution in [0.25, 0.3) is 0 Å². The second-order valence-electron chi connectivity index (χ2n) is 7.68. The summed E-state index contributed by atoms with van der Waals surface area (Å²) in [5.74, 6) is 0.142. The molecular weight excluding hydrogens is 430 g/mol. The van der Waals surface area contributed by atoms with E-state index in [-0.39, 0.29) is 18.9 Å². The van der Waals surface area contributed by atoms with Gasteiger partial charge in [-0.3, -0.25) is 4.79 Å². The van der Waals surface area contributed by atoms with E-state index in [0.717, 1.165) is 28.3 Å². The minimum absolute atomic E-state index is 0.143. The van der Waals surface area contributed by atoms with Crippen molar-refractivity contribution >= 4 is 23.5 Å². The van der Waals surface area contributed by atoms with E-state index in [0.29, 0.717) is 18.0 Å². The van der Waals surface area contributed by atoms with E-state index in [4.69, 9.17) is 21.1 Å². The molecule has 0 N–H and O–H groups in total. The Morgan fingerprint density at radius 2 is 1.75 bits per heavy atom. The first-order valence-electron chi connectivity index (χ1n) is 10.3. The van der Waals surface area contributed by atoms with Crippen molar-refractivity contribution in [2.45, 2.75) is 32.0 Å². The largest absolute Gasteiger partial charge is 0.497 e. The maximum Gasteiger partial charge on any atom is 0.329 e. The van der Waals surface area contributed by atoms with Crippen molar-refractivity contribution in [3.63, 3.8) is 0 Å². The van der Waals surface area contributed by atoms with Crippen LogP contribution in [0.5, 0.6) is 5.75 Å².